The molecule has 0 aliphatic rings. The van der Waals surface area contributed by atoms with Crippen molar-refractivity contribution in [3.63, 3.8) is 0 Å². The molecular weight excluding hydrogens is 248 g/mol. The van der Waals surface area contributed by atoms with Crippen LogP contribution in [0.5, 0.6) is 0 Å². The van der Waals surface area contributed by atoms with E-state index in [4.69, 9.17) is 10.8 Å². The van der Waals surface area contributed by atoms with Gasteiger partial charge >= 0.3 is 0 Å². The van der Waals surface area contributed by atoms with Crippen LogP contribution >= 0.6 is 15.9 Å². The van der Waals surface area contributed by atoms with Gasteiger partial charge in [0, 0.05) is 10.2 Å². The number of nitrogens with two attached hydrogens (primary N) is 1. The third kappa shape index (κ3) is 3.10. The number of nitrogens with one attached hydrogen (secondary N) is 1. The van der Waals surface area contributed by atoms with Crippen LogP contribution in [0.1, 0.15) is 0 Å². The maximum atomic E-state index is 11.2. The molecule has 5 heteroatoms. The molecule has 1 rings (SSSR count). The summed E-state index contributed by atoms with van der Waals surface area (Å²) in [5.74, 6) is -0.398. The molecule has 0 radical (unpaired) electrons. The second-order valence-electron chi connectivity index (χ2n) is 2.79. The van der Waals surface area contributed by atoms with Gasteiger partial charge in [-0.15, -0.1) is 0 Å². The molecule has 4 N–H and O–H groups in total. The Balaban J connectivity index is 2.65. The lowest BCUT2D eigenvalue weighted by atomic mass is 10.2. The first-order chi connectivity index (χ1) is 6.63. The summed E-state index contributed by atoms with van der Waals surface area (Å²) in [4.78, 5) is 11.2. The summed E-state index contributed by atoms with van der Waals surface area (Å²) in [6, 6.07) is 6.26. The highest BCUT2D eigenvalue weighted by Crippen LogP contribution is 2.15. The van der Waals surface area contributed by atoms with E-state index in [9.17, 15) is 4.79 Å². The minimum Gasteiger partial charge on any atom is -0.394 e. The predicted molar refractivity (Wildman–Crippen MR) is 57.8 cm³/mol. The van der Waals surface area contributed by atoms with Gasteiger partial charge in [-0.25, -0.2) is 0 Å². The Morgan fingerprint density at radius 3 is 2.93 bits per heavy atom. The molecule has 1 aromatic rings. The van der Waals surface area contributed by atoms with Crippen molar-refractivity contribution in [1.29, 1.82) is 0 Å². The fourth-order valence-corrected chi connectivity index (χ4v) is 1.28. The molecule has 4 nitrogen and oxygen atoms in total. The molecule has 1 atom stereocenters. The maximum absolute atomic E-state index is 11.2. The van der Waals surface area contributed by atoms with Gasteiger partial charge in [-0.05, 0) is 18.2 Å². The summed E-state index contributed by atoms with van der Waals surface area (Å²) < 4.78 is 0.868. The number of carbonyl (C=O) groups is 1. The summed E-state index contributed by atoms with van der Waals surface area (Å²) in [6.45, 7) is -0.361. The van der Waals surface area contributed by atoms with Gasteiger partial charge in [-0.1, -0.05) is 22.0 Å². The molecule has 0 saturated carbocycles. The van der Waals surface area contributed by atoms with E-state index in [0.29, 0.717) is 5.69 Å². The first-order valence-electron chi connectivity index (χ1n) is 4.06. The van der Waals surface area contributed by atoms with E-state index in [0.717, 1.165) is 4.47 Å². The highest BCUT2D eigenvalue weighted by Gasteiger charge is 2.11. The second kappa shape index (κ2) is 5.09. The molecule has 0 spiro atoms. The Labute approximate surface area is 90.2 Å². The molecule has 1 amide bonds. The van der Waals surface area contributed by atoms with Crippen LogP contribution in [0.15, 0.2) is 28.7 Å². The number of hydrogen-bond donors (Lipinski definition) is 3. The third-order valence-electron chi connectivity index (χ3n) is 1.63. The smallest absolute Gasteiger partial charge is 0.243 e. The molecule has 0 aromatic heterocycles. The first-order valence-corrected chi connectivity index (χ1v) is 4.85. The predicted octanol–water partition coefficient (Wildman–Crippen LogP) is 0.707. The van der Waals surface area contributed by atoms with E-state index in [1.54, 1.807) is 18.2 Å². The topological polar surface area (TPSA) is 75.3 Å². The molecule has 0 fully saturated rings. The van der Waals surface area contributed by atoms with E-state index >= 15 is 0 Å². The quantitative estimate of drug-likeness (QED) is 0.748. The van der Waals surface area contributed by atoms with Crippen LogP contribution in [0.2, 0.25) is 0 Å². The number of halogens is 1. The maximum Gasteiger partial charge on any atom is 0.243 e. The van der Waals surface area contributed by atoms with Crippen LogP contribution in [0.4, 0.5) is 5.69 Å². The van der Waals surface area contributed by atoms with Crippen LogP contribution in [0, 0.1) is 0 Å². The minimum absolute atomic E-state index is 0.361. The number of carbonyl (C=O) groups excluding carboxylic acids is 1. The van der Waals surface area contributed by atoms with Gasteiger partial charge < -0.3 is 16.2 Å². The van der Waals surface area contributed by atoms with Crippen molar-refractivity contribution in [3.8, 4) is 0 Å². The molecule has 0 bridgehead atoms. The summed E-state index contributed by atoms with van der Waals surface area (Å²) in [5, 5.41) is 11.2. The Bertz CT molecular complexity index is 330. The second-order valence-corrected chi connectivity index (χ2v) is 3.70. The SMILES string of the molecule is NC(CO)C(=O)Nc1cccc(Br)c1. The van der Waals surface area contributed by atoms with Crippen molar-refractivity contribution in [1.82, 2.24) is 0 Å². The molecule has 0 aliphatic carbocycles. The van der Waals surface area contributed by atoms with Gasteiger partial charge in [0.1, 0.15) is 6.04 Å². The molecule has 0 heterocycles. The largest absolute Gasteiger partial charge is 0.394 e. The van der Waals surface area contributed by atoms with E-state index in [1.165, 1.54) is 0 Å². The van der Waals surface area contributed by atoms with E-state index < -0.39 is 11.9 Å². The standard InChI is InChI=1S/C9H11BrN2O2/c10-6-2-1-3-7(4-6)12-9(14)8(11)5-13/h1-4,8,13H,5,11H2,(H,12,14). The van der Waals surface area contributed by atoms with Crippen molar-refractivity contribution in [3.05, 3.63) is 28.7 Å². The molecule has 1 aromatic carbocycles. The first kappa shape index (κ1) is 11.2. The van der Waals surface area contributed by atoms with Crippen LogP contribution in [-0.4, -0.2) is 23.7 Å². The fraction of sp³-hybridized carbons (Fsp3) is 0.222. The summed E-state index contributed by atoms with van der Waals surface area (Å²) in [5.41, 5.74) is 5.98. The van der Waals surface area contributed by atoms with Gasteiger partial charge in [0.2, 0.25) is 5.91 Å². The third-order valence-corrected chi connectivity index (χ3v) is 2.12. The van der Waals surface area contributed by atoms with Crippen LogP contribution < -0.4 is 11.1 Å². The Kier molecular flexibility index (Phi) is 4.06. The summed E-state index contributed by atoms with van der Waals surface area (Å²) in [6.07, 6.45) is 0. The van der Waals surface area contributed by atoms with Crippen LogP contribution in [-0.2, 0) is 4.79 Å². The molecule has 0 saturated heterocycles. The van der Waals surface area contributed by atoms with Gasteiger partial charge in [-0.3, -0.25) is 4.79 Å². The molecule has 0 aliphatic heterocycles. The van der Waals surface area contributed by atoms with E-state index in [1.807, 2.05) is 6.07 Å². The number of benzene rings is 1. The van der Waals surface area contributed by atoms with Crippen molar-refractivity contribution >= 4 is 27.5 Å². The molecule has 1 unspecified atom stereocenters. The number of amides is 1. The molecule has 14 heavy (non-hydrogen) atoms. The summed E-state index contributed by atoms with van der Waals surface area (Å²) >= 11 is 3.27. The number of rotatable bonds is 3. The zero-order valence-electron chi connectivity index (χ0n) is 7.40. The molecule has 76 valence electrons. The van der Waals surface area contributed by atoms with Crippen LogP contribution in [0.25, 0.3) is 0 Å². The Morgan fingerprint density at radius 2 is 2.36 bits per heavy atom. The number of hydrogen-bond acceptors (Lipinski definition) is 3. The van der Waals surface area contributed by atoms with E-state index in [2.05, 4.69) is 21.2 Å². The zero-order chi connectivity index (χ0) is 10.6. The fourth-order valence-electron chi connectivity index (χ4n) is 0.884. The number of aliphatic hydroxyl groups excluding tert-OH is 1. The van der Waals surface area contributed by atoms with Crippen molar-refractivity contribution < 1.29 is 9.90 Å². The van der Waals surface area contributed by atoms with Crippen LogP contribution in [0.3, 0.4) is 0 Å². The molecular formula is C9H11BrN2O2. The number of aliphatic hydroxyl groups is 1. The zero-order valence-corrected chi connectivity index (χ0v) is 8.99. The average molecular weight is 259 g/mol. The normalized spacial score (nSPS) is 12.2. The Hall–Kier alpha value is -0.910. The van der Waals surface area contributed by atoms with Crippen molar-refractivity contribution in [2.24, 2.45) is 5.73 Å². The van der Waals surface area contributed by atoms with E-state index in [-0.39, 0.29) is 6.61 Å². The highest BCUT2D eigenvalue weighted by molar-refractivity contribution is 9.10. The highest BCUT2D eigenvalue weighted by atomic mass is 79.9. The summed E-state index contributed by atoms with van der Waals surface area (Å²) in [7, 11) is 0. The van der Waals surface area contributed by atoms with Crippen molar-refractivity contribution in [2.75, 3.05) is 11.9 Å². The lowest BCUT2D eigenvalue weighted by Gasteiger charge is -2.09. The van der Waals surface area contributed by atoms with Gasteiger partial charge in [-0.2, -0.15) is 0 Å². The van der Waals surface area contributed by atoms with Gasteiger partial charge in [0.25, 0.3) is 0 Å². The van der Waals surface area contributed by atoms with Gasteiger partial charge in [0.05, 0.1) is 6.61 Å². The average Bonchev–Trinajstić information content (AvgIpc) is 2.16. The Morgan fingerprint density at radius 1 is 1.64 bits per heavy atom. The minimum atomic E-state index is -0.881. The van der Waals surface area contributed by atoms with Gasteiger partial charge in [0.15, 0.2) is 0 Å². The van der Waals surface area contributed by atoms with Crippen molar-refractivity contribution in [2.45, 2.75) is 6.04 Å². The monoisotopic (exact) mass is 258 g/mol. The lowest BCUT2D eigenvalue weighted by Crippen LogP contribution is -2.38. The lowest BCUT2D eigenvalue weighted by molar-refractivity contribution is -0.118. The number of anilines is 1.